The normalized spacial score (nSPS) is 18.4. The predicted octanol–water partition coefficient (Wildman–Crippen LogP) is 2.35. The molecule has 1 aliphatic carbocycles. The van der Waals surface area contributed by atoms with Gasteiger partial charge in [-0.05, 0) is 63.1 Å². The lowest BCUT2D eigenvalue weighted by atomic mass is 9.88. The number of aliphatic hydroxyl groups excluding tert-OH is 2. The van der Waals surface area contributed by atoms with Crippen LogP contribution in [0.15, 0.2) is 18.2 Å². The van der Waals surface area contributed by atoms with E-state index >= 15 is 0 Å². The van der Waals surface area contributed by atoms with Crippen molar-refractivity contribution in [1.29, 1.82) is 0 Å². The largest absolute Gasteiger partial charge is 0.394 e. The lowest BCUT2D eigenvalue weighted by molar-refractivity contribution is 0.0990. The Balaban J connectivity index is 2.10. The Hall–Kier alpha value is -0.900. The fraction of sp³-hybridized carbons (Fsp3) is 0.647. The molecule has 0 bridgehead atoms. The SMILES string of the molecule is CC(NC(C)(C)CO)C(O)c1ccc2c(c1)CCCC2. The van der Waals surface area contributed by atoms with Gasteiger partial charge in [0.1, 0.15) is 0 Å². The molecule has 0 aromatic heterocycles. The van der Waals surface area contributed by atoms with Gasteiger partial charge >= 0.3 is 0 Å². The standard InChI is InChI=1S/C17H27NO2/c1-12(18-17(2,3)11-19)16(20)15-9-8-13-6-4-5-7-14(13)10-15/h8-10,12,16,18-20H,4-7,11H2,1-3H3. The second-order valence-electron chi connectivity index (χ2n) is 6.66. The maximum absolute atomic E-state index is 10.5. The molecule has 0 heterocycles. The summed E-state index contributed by atoms with van der Waals surface area (Å²) >= 11 is 0. The molecule has 20 heavy (non-hydrogen) atoms. The molecular weight excluding hydrogens is 250 g/mol. The van der Waals surface area contributed by atoms with E-state index in [0.717, 1.165) is 18.4 Å². The second-order valence-corrected chi connectivity index (χ2v) is 6.66. The van der Waals surface area contributed by atoms with E-state index < -0.39 is 6.10 Å². The first-order chi connectivity index (χ1) is 9.43. The van der Waals surface area contributed by atoms with Crippen molar-refractivity contribution < 1.29 is 10.2 Å². The van der Waals surface area contributed by atoms with Gasteiger partial charge in [-0.2, -0.15) is 0 Å². The molecule has 1 aromatic carbocycles. The molecule has 1 aliphatic rings. The van der Waals surface area contributed by atoms with Gasteiger partial charge < -0.3 is 15.5 Å². The number of hydrogen-bond donors (Lipinski definition) is 3. The van der Waals surface area contributed by atoms with E-state index in [2.05, 4.69) is 17.4 Å². The van der Waals surface area contributed by atoms with Crippen molar-refractivity contribution in [2.75, 3.05) is 6.61 Å². The van der Waals surface area contributed by atoms with E-state index in [0.29, 0.717) is 0 Å². The molecule has 2 unspecified atom stereocenters. The number of hydrogen-bond acceptors (Lipinski definition) is 3. The fourth-order valence-corrected chi connectivity index (χ4v) is 2.97. The zero-order valence-electron chi connectivity index (χ0n) is 12.8. The molecule has 0 aliphatic heterocycles. The fourth-order valence-electron chi connectivity index (χ4n) is 2.97. The van der Waals surface area contributed by atoms with Crippen LogP contribution in [0.2, 0.25) is 0 Å². The van der Waals surface area contributed by atoms with Crippen molar-refractivity contribution in [2.45, 2.75) is 64.1 Å². The summed E-state index contributed by atoms with van der Waals surface area (Å²) in [5.74, 6) is 0. The van der Waals surface area contributed by atoms with E-state index in [4.69, 9.17) is 0 Å². The lowest BCUT2D eigenvalue weighted by Crippen LogP contribution is -2.49. The minimum absolute atomic E-state index is 0.0498. The van der Waals surface area contributed by atoms with Gasteiger partial charge in [-0.15, -0.1) is 0 Å². The molecule has 112 valence electrons. The third-order valence-corrected chi connectivity index (χ3v) is 4.20. The topological polar surface area (TPSA) is 52.5 Å². The van der Waals surface area contributed by atoms with E-state index in [1.807, 2.05) is 26.8 Å². The number of rotatable bonds is 5. The Kier molecular flexibility index (Phi) is 4.84. The quantitative estimate of drug-likeness (QED) is 0.774. The summed E-state index contributed by atoms with van der Waals surface area (Å²) in [7, 11) is 0. The third kappa shape index (κ3) is 3.60. The summed E-state index contributed by atoms with van der Waals surface area (Å²) in [5, 5.41) is 23.1. The number of nitrogens with one attached hydrogen (secondary N) is 1. The first-order valence-corrected chi connectivity index (χ1v) is 7.61. The highest BCUT2D eigenvalue weighted by Crippen LogP contribution is 2.26. The van der Waals surface area contributed by atoms with Crippen LogP contribution < -0.4 is 5.32 Å². The van der Waals surface area contributed by atoms with E-state index in [-0.39, 0.29) is 18.2 Å². The first-order valence-electron chi connectivity index (χ1n) is 7.61. The maximum atomic E-state index is 10.5. The summed E-state index contributed by atoms with van der Waals surface area (Å²) in [6, 6.07) is 6.26. The minimum atomic E-state index is -0.548. The van der Waals surface area contributed by atoms with Crippen molar-refractivity contribution in [1.82, 2.24) is 5.32 Å². The van der Waals surface area contributed by atoms with Crippen LogP contribution in [-0.2, 0) is 12.8 Å². The molecule has 0 amide bonds. The van der Waals surface area contributed by atoms with Gasteiger partial charge in [0.2, 0.25) is 0 Å². The van der Waals surface area contributed by atoms with E-state index in [1.54, 1.807) is 0 Å². The smallest absolute Gasteiger partial charge is 0.0940 e. The van der Waals surface area contributed by atoms with Gasteiger partial charge in [-0.25, -0.2) is 0 Å². The molecule has 0 radical (unpaired) electrons. The van der Waals surface area contributed by atoms with Gasteiger partial charge in [-0.1, -0.05) is 18.2 Å². The molecule has 2 atom stereocenters. The van der Waals surface area contributed by atoms with Crippen LogP contribution in [0, 0.1) is 0 Å². The molecule has 0 saturated heterocycles. The molecule has 0 spiro atoms. The molecule has 3 heteroatoms. The average Bonchev–Trinajstić information content (AvgIpc) is 2.45. The molecular formula is C17H27NO2. The van der Waals surface area contributed by atoms with Crippen molar-refractivity contribution in [3.63, 3.8) is 0 Å². The Morgan fingerprint density at radius 3 is 2.50 bits per heavy atom. The number of aryl methyl sites for hydroxylation is 2. The van der Waals surface area contributed by atoms with Crippen LogP contribution in [0.4, 0.5) is 0 Å². The minimum Gasteiger partial charge on any atom is -0.394 e. The molecule has 1 aromatic rings. The molecule has 3 nitrogen and oxygen atoms in total. The Morgan fingerprint density at radius 1 is 1.20 bits per heavy atom. The van der Waals surface area contributed by atoms with Gasteiger partial charge in [-0.3, -0.25) is 0 Å². The lowest BCUT2D eigenvalue weighted by Gasteiger charge is -2.31. The van der Waals surface area contributed by atoms with E-state index in [1.165, 1.54) is 24.0 Å². The number of aliphatic hydroxyl groups is 2. The predicted molar refractivity (Wildman–Crippen MR) is 81.8 cm³/mol. The van der Waals surface area contributed by atoms with Gasteiger partial charge in [0, 0.05) is 11.6 Å². The number of benzene rings is 1. The van der Waals surface area contributed by atoms with Crippen LogP contribution in [-0.4, -0.2) is 28.4 Å². The summed E-state index contributed by atoms with van der Waals surface area (Å²) < 4.78 is 0. The summed E-state index contributed by atoms with van der Waals surface area (Å²) in [6.07, 6.45) is 4.26. The Morgan fingerprint density at radius 2 is 1.85 bits per heavy atom. The van der Waals surface area contributed by atoms with Crippen molar-refractivity contribution in [3.8, 4) is 0 Å². The molecule has 0 fully saturated rings. The zero-order valence-corrected chi connectivity index (χ0v) is 12.8. The summed E-state index contributed by atoms with van der Waals surface area (Å²) in [4.78, 5) is 0. The van der Waals surface area contributed by atoms with Crippen LogP contribution in [0.25, 0.3) is 0 Å². The first kappa shape index (κ1) is 15.5. The van der Waals surface area contributed by atoms with Crippen molar-refractivity contribution in [3.05, 3.63) is 34.9 Å². The van der Waals surface area contributed by atoms with Gasteiger partial charge in [0.15, 0.2) is 0 Å². The second kappa shape index (κ2) is 6.25. The molecule has 2 rings (SSSR count). The Labute approximate surface area is 122 Å². The van der Waals surface area contributed by atoms with Gasteiger partial charge in [0.25, 0.3) is 0 Å². The average molecular weight is 277 g/mol. The maximum Gasteiger partial charge on any atom is 0.0940 e. The van der Waals surface area contributed by atoms with E-state index in [9.17, 15) is 10.2 Å². The third-order valence-electron chi connectivity index (χ3n) is 4.20. The molecule has 0 saturated carbocycles. The Bertz CT molecular complexity index is 456. The monoisotopic (exact) mass is 277 g/mol. The van der Waals surface area contributed by atoms with Crippen LogP contribution in [0.3, 0.4) is 0 Å². The van der Waals surface area contributed by atoms with Gasteiger partial charge in [0.05, 0.1) is 12.7 Å². The van der Waals surface area contributed by atoms with Crippen LogP contribution in [0.1, 0.15) is 56.4 Å². The zero-order chi connectivity index (χ0) is 14.8. The highest BCUT2D eigenvalue weighted by molar-refractivity contribution is 5.35. The highest BCUT2D eigenvalue weighted by atomic mass is 16.3. The van der Waals surface area contributed by atoms with Crippen molar-refractivity contribution in [2.24, 2.45) is 0 Å². The highest BCUT2D eigenvalue weighted by Gasteiger charge is 2.24. The summed E-state index contributed by atoms with van der Waals surface area (Å²) in [5.41, 5.74) is 3.42. The van der Waals surface area contributed by atoms with Crippen molar-refractivity contribution >= 4 is 0 Å². The van der Waals surface area contributed by atoms with Crippen LogP contribution >= 0.6 is 0 Å². The summed E-state index contributed by atoms with van der Waals surface area (Å²) in [6.45, 7) is 5.88. The molecule has 3 N–H and O–H groups in total. The van der Waals surface area contributed by atoms with Crippen LogP contribution in [0.5, 0.6) is 0 Å². The number of fused-ring (bicyclic) bond motifs is 1.